The highest BCUT2D eigenvalue weighted by Gasteiger charge is 2.12. The highest BCUT2D eigenvalue weighted by atomic mass is 16.1. The van der Waals surface area contributed by atoms with Crippen LogP contribution in [0.25, 0.3) is 0 Å². The minimum Gasteiger partial charge on any atom is -0.399 e. The number of nitrogens with one attached hydrogen (secondary N) is 1. The van der Waals surface area contributed by atoms with Crippen molar-refractivity contribution in [3.8, 4) is 0 Å². The molecule has 0 fully saturated rings. The summed E-state index contributed by atoms with van der Waals surface area (Å²) in [5, 5.41) is 7.04. The number of hydrogen-bond acceptors (Lipinski definition) is 3. The molecule has 1 aromatic heterocycles. The average Bonchev–Trinajstić information content (AvgIpc) is 2.70. The van der Waals surface area contributed by atoms with E-state index in [-0.39, 0.29) is 5.91 Å². The van der Waals surface area contributed by atoms with E-state index in [1.165, 1.54) is 0 Å². The third kappa shape index (κ3) is 2.76. The topological polar surface area (TPSA) is 72.9 Å². The van der Waals surface area contributed by atoms with E-state index in [4.69, 9.17) is 5.73 Å². The third-order valence-electron chi connectivity index (χ3n) is 3.19. The minimum absolute atomic E-state index is 0.118. The number of nitrogens with two attached hydrogens (primary N) is 1. The molecule has 1 amide bonds. The summed E-state index contributed by atoms with van der Waals surface area (Å²) in [6.07, 6.45) is 1.72. The van der Waals surface area contributed by atoms with Crippen molar-refractivity contribution in [2.75, 3.05) is 5.73 Å². The summed E-state index contributed by atoms with van der Waals surface area (Å²) in [6, 6.07) is 5.70. The van der Waals surface area contributed by atoms with Crippen molar-refractivity contribution in [2.24, 2.45) is 7.05 Å². The summed E-state index contributed by atoms with van der Waals surface area (Å²) >= 11 is 0. The lowest BCUT2D eigenvalue weighted by Gasteiger charge is -2.09. The molecule has 0 unspecified atom stereocenters. The van der Waals surface area contributed by atoms with Crippen LogP contribution in [0, 0.1) is 13.8 Å². The second-order valence-electron chi connectivity index (χ2n) is 4.62. The number of aryl methyl sites for hydroxylation is 2. The van der Waals surface area contributed by atoms with Crippen LogP contribution in [0.1, 0.15) is 27.2 Å². The van der Waals surface area contributed by atoms with Gasteiger partial charge in [-0.1, -0.05) is 12.1 Å². The first kappa shape index (κ1) is 13.1. The zero-order valence-corrected chi connectivity index (χ0v) is 11.4. The number of amides is 1. The highest BCUT2D eigenvalue weighted by molar-refractivity contribution is 5.94. The number of nitrogens with zero attached hydrogens (tertiary/aromatic N) is 2. The quantitative estimate of drug-likeness (QED) is 0.820. The van der Waals surface area contributed by atoms with Crippen LogP contribution in [0.3, 0.4) is 0 Å². The SMILES string of the molecule is Cc1nn(C)cc1C(=O)NCc1cccc(N)c1C. The number of hydrogen-bond donors (Lipinski definition) is 2. The van der Waals surface area contributed by atoms with Crippen LogP contribution in [0.4, 0.5) is 5.69 Å². The van der Waals surface area contributed by atoms with E-state index in [9.17, 15) is 4.79 Å². The van der Waals surface area contributed by atoms with Gasteiger partial charge in [0, 0.05) is 25.5 Å². The van der Waals surface area contributed by atoms with Crippen LogP contribution >= 0.6 is 0 Å². The molecule has 0 saturated heterocycles. The molecular formula is C14H18N4O. The summed E-state index contributed by atoms with van der Waals surface area (Å²) in [5.74, 6) is -0.118. The number of anilines is 1. The molecule has 0 saturated carbocycles. The Hall–Kier alpha value is -2.30. The van der Waals surface area contributed by atoms with E-state index >= 15 is 0 Å². The Kier molecular flexibility index (Phi) is 3.55. The number of carbonyl (C=O) groups excluding carboxylic acids is 1. The van der Waals surface area contributed by atoms with Crippen LogP contribution < -0.4 is 11.1 Å². The van der Waals surface area contributed by atoms with Gasteiger partial charge in [0.1, 0.15) is 0 Å². The molecule has 0 atom stereocenters. The molecule has 0 aliphatic rings. The van der Waals surface area contributed by atoms with E-state index in [2.05, 4.69) is 10.4 Å². The maximum Gasteiger partial charge on any atom is 0.255 e. The molecule has 5 heteroatoms. The zero-order chi connectivity index (χ0) is 14.0. The molecule has 2 aromatic rings. The van der Waals surface area contributed by atoms with Crippen LogP contribution in [0.2, 0.25) is 0 Å². The summed E-state index contributed by atoms with van der Waals surface area (Å²) in [5.41, 5.74) is 9.94. The van der Waals surface area contributed by atoms with E-state index in [0.29, 0.717) is 12.1 Å². The molecule has 0 spiro atoms. The van der Waals surface area contributed by atoms with Crippen molar-refractivity contribution in [3.63, 3.8) is 0 Å². The molecule has 0 aliphatic heterocycles. The van der Waals surface area contributed by atoms with Crippen LogP contribution in [-0.4, -0.2) is 15.7 Å². The van der Waals surface area contributed by atoms with Gasteiger partial charge in [0.2, 0.25) is 0 Å². The summed E-state index contributed by atoms with van der Waals surface area (Å²) in [7, 11) is 1.80. The lowest BCUT2D eigenvalue weighted by atomic mass is 10.1. The fraction of sp³-hybridized carbons (Fsp3) is 0.286. The van der Waals surface area contributed by atoms with Crippen molar-refractivity contribution < 1.29 is 4.79 Å². The van der Waals surface area contributed by atoms with E-state index < -0.39 is 0 Å². The maximum absolute atomic E-state index is 12.1. The number of nitrogen functional groups attached to an aromatic ring is 1. The standard InChI is InChI=1S/C14H18N4O/c1-9-11(5-4-6-13(9)15)7-16-14(19)12-8-18(3)17-10(12)2/h4-6,8H,7,15H2,1-3H3,(H,16,19). The van der Waals surface area contributed by atoms with Crippen molar-refractivity contribution in [2.45, 2.75) is 20.4 Å². The summed E-state index contributed by atoms with van der Waals surface area (Å²) in [4.78, 5) is 12.1. The Labute approximate surface area is 112 Å². The van der Waals surface area contributed by atoms with Crippen molar-refractivity contribution in [1.82, 2.24) is 15.1 Å². The normalized spacial score (nSPS) is 10.5. The number of aromatic nitrogens is 2. The lowest BCUT2D eigenvalue weighted by molar-refractivity contribution is 0.0950. The van der Waals surface area contributed by atoms with Crippen molar-refractivity contribution in [1.29, 1.82) is 0 Å². The van der Waals surface area contributed by atoms with E-state index in [1.807, 2.05) is 32.0 Å². The first-order valence-corrected chi connectivity index (χ1v) is 6.11. The molecule has 0 aliphatic carbocycles. The van der Waals surface area contributed by atoms with Crippen LogP contribution in [0.15, 0.2) is 24.4 Å². The van der Waals surface area contributed by atoms with Gasteiger partial charge in [-0.25, -0.2) is 0 Å². The number of rotatable bonds is 3. The Balaban J connectivity index is 2.09. The van der Waals surface area contributed by atoms with Gasteiger partial charge < -0.3 is 11.1 Å². The van der Waals surface area contributed by atoms with Gasteiger partial charge in [-0.15, -0.1) is 0 Å². The largest absolute Gasteiger partial charge is 0.399 e. The third-order valence-corrected chi connectivity index (χ3v) is 3.19. The second-order valence-corrected chi connectivity index (χ2v) is 4.62. The fourth-order valence-electron chi connectivity index (χ4n) is 1.99. The molecule has 5 nitrogen and oxygen atoms in total. The number of carbonyl (C=O) groups is 1. The summed E-state index contributed by atoms with van der Waals surface area (Å²) in [6.45, 7) is 4.23. The van der Waals surface area contributed by atoms with Crippen LogP contribution in [0.5, 0.6) is 0 Å². The molecular weight excluding hydrogens is 240 g/mol. The van der Waals surface area contributed by atoms with Crippen molar-refractivity contribution >= 4 is 11.6 Å². The molecule has 3 N–H and O–H groups in total. The van der Waals surface area contributed by atoms with Gasteiger partial charge in [0.05, 0.1) is 11.3 Å². The summed E-state index contributed by atoms with van der Waals surface area (Å²) < 4.78 is 1.63. The van der Waals surface area contributed by atoms with Gasteiger partial charge in [-0.3, -0.25) is 9.48 Å². The Morgan fingerprint density at radius 3 is 2.79 bits per heavy atom. The molecule has 100 valence electrons. The molecule has 0 bridgehead atoms. The first-order chi connectivity index (χ1) is 8.99. The predicted molar refractivity (Wildman–Crippen MR) is 74.7 cm³/mol. The van der Waals surface area contributed by atoms with Gasteiger partial charge in [0.25, 0.3) is 5.91 Å². The Morgan fingerprint density at radius 2 is 2.16 bits per heavy atom. The van der Waals surface area contributed by atoms with Crippen molar-refractivity contribution in [3.05, 3.63) is 46.8 Å². The van der Waals surface area contributed by atoms with Gasteiger partial charge in [-0.05, 0) is 31.0 Å². The monoisotopic (exact) mass is 258 g/mol. The minimum atomic E-state index is -0.118. The Bertz CT molecular complexity index is 616. The van der Waals surface area contributed by atoms with E-state index in [0.717, 1.165) is 22.5 Å². The average molecular weight is 258 g/mol. The molecule has 0 radical (unpaired) electrons. The highest BCUT2D eigenvalue weighted by Crippen LogP contribution is 2.15. The smallest absolute Gasteiger partial charge is 0.255 e. The maximum atomic E-state index is 12.1. The number of benzene rings is 1. The lowest BCUT2D eigenvalue weighted by Crippen LogP contribution is -2.23. The van der Waals surface area contributed by atoms with Gasteiger partial charge in [-0.2, -0.15) is 5.10 Å². The molecule has 2 rings (SSSR count). The Morgan fingerprint density at radius 1 is 1.42 bits per heavy atom. The second kappa shape index (κ2) is 5.14. The predicted octanol–water partition coefficient (Wildman–Crippen LogP) is 1.55. The molecule has 1 aromatic carbocycles. The first-order valence-electron chi connectivity index (χ1n) is 6.11. The van der Waals surface area contributed by atoms with Gasteiger partial charge >= 0.3 is 0 Å². The van der Waals surface area contributed by atoms with Crippen LogP contribution in [-0.2, 0) is 13.6 Å². The molecule has 1 heterocycles. The zero-order valence-electron chi connectivity index (χ0n) is 11.4. The molecule has 19 heavy (non-hydrogen) atoms. The van der Waals surface area contributed by atoms with Gasteiger partial charge in [0.15, 0.2) is 0 Å². The van der Waals surface area contributed by atoms with E-state index in [1.54, 1.807) is 17.9 Å². The fourth-order valence-corrected chi connectivity index (χ4v) is 1.99.